The first-order chi connectivity index (χ1) is 9.02. The zero-order valence-corrected chi connectivity index (χ0v) is 11.8. The van der Waals surface area contributed by atoms with Crippen LogP contribution in [0.1, 0.15) is 33.1 Å². The molecule has 2 fully saturated rings. The minimum Gasteiger partial charge on any atom is -0.481 e. The van der Waals surface area contributed by atoms with E-state index in [0.29, 0.717) is 18.9 Å². The highest BCUT2D eigenvalue weighted by Crippen LogP contribution is 2.32. The van der Waals surface area contributed by atoms with E-state index in [-0.39, 0.29) is 17.7 Å². The van der Waals surface area contributed by atoms with Crippen molar-refractivity contribution in [3.63, 3.8) is 0 Å². The van der Waals surface area contributed by atoms with E-state index in [2.05, 4.69) is 18.7 Å². The molecule has 1 heterocycles. The predicted octanol–water partition coefficient (Wildman–Crippen LogP) is 1.04. The Morgan fingerprint density at radius 3 is 2.42 bits per heavy atom. The van der Waals surface area contributed by atoms with Gasteiger partial charge in [0, 0.05) is 31.6 Å². The Labute approximate surface area is 114 Å². The molecule has 1 aliphatic heterocycles. The summed E-state index contributed by atoms with van der Waals surface area (Å²) in [6, 6.07) is 0.402. The van der Waals surface area contributed by atoms with E-state index in [0.717, 1.165) is 32.6 Å². The van der Waals surface area contributed by atoms with Gasteiger partial charge >= 0.3 is 5.97 Å². The first kappa shape index (κ1) is 14.3. The quantitative estimate of drug-likeness (QED) is 0.831. The van der Waals surface area contributed by atoms with E-state index in [1.54, 1.807) is 0 Å². The molecule has 2 rings (SSSR count). The predicted molar refractivity (Wildman–Crippen MR) is 71.8 cm³/mol. The molecule has 1 N–H and O–H groups in total. The Balaban J connectivity index is 1.89. The first-order valence-corrected chi connectivity index (χ1v) is 7.28. The number of rotatable bonds is 3. The lowest BCUT2D eigenvalue weighted by Crippen LogP contribution is -2.54. The molecule has 1 unspecified atom stereocenters. The van der Waals surface area contributed by atoms with E-state index in [4.69, 9.17) is 5.11 Å². The van der Waals surface area contributed by atoms with Gasteiger partial charge in [0.15, 0.2) is 0 Å². The molecule has 1 saturated carbocycles. The summed E-state index contributed by atoms with van der Waals surface area (Å²) in [4.78, 5) is 27.7. The topological polar surface area (TPSA) is 60.9 Å². The summed E-state index contributed by atoms with van der Waals surface area (Å²) in [6.07, 6.45) is 1.91. The number of carbonyl (C=O) groups is 2. The summed E-state index contributed by atoms with van der Waals surface area (Å²) in [5.74, 6) is -0.962. The number of hydrogen-bond donors (Lipinski definition) is 1. The third-order valence-electron chi connectivity index (χ3n) is 4.61. The minimum atomic E-state index is -0.750. The molecular formula is C14H24N2O3. The maximum atomic E-state index is 12.4. The largest absolute Gasteiger partial charge is 0.481 e. The van der Waals surface area contributed by atoms with Crippen molar-refractivity contribution in [3.05, 3.63) is 0 Å². The average Bonchev–Trinajstić information content (AvgIpc) is 2.87. The molecule has 0 aromatic heterocycles. The van der Waals surface area contributed by atoms with Gasteiger partial charge in [-0.3, -0.25) is 14.5 Å². The summed E-state index contributed by atoms with van der Waals surface area (Å²) in [5.41, 5.74) is 0. The molecule has 2 aliphatic rings. The van der Waals surface area contributed by atoms with Gasteiger partial charge in [-0.25, -0.2) is 0 Å². The maximum Gasteiger partial charge on any atom is 0.306 e. The maximum absolute atomic E-state index is 12.4. The lowest BCUT2D eigenvalue weighted by atomic mass is 10.0. The second-order valence-corrected chi connectivity index (χ2v) is 5.81. The summed E-state index contributed by atoms with van der Waals surface area (Å²) >= 11 is 0. The van der Waals surface area contributed by atoms with Crippen LogP contribution in [0.15, 0.2) is 0 Å². The van der Waals surface area contributed by atoms with Crippen LogP contribution in [-0.4, -0.2) is 59.0 Å². The van der Waals surface area contributed by atoms with Crippen LogP contribution in [0.4, 0.5) is 0 Å². The number of likely N-dealkylation sites (N-methyl/N-ethyl adjacent to an activating group) is 1. The van der Waals surface area contributed by atoms with Crippen LogP contribution in [0.2, 0.25) is 0 Å². The molecule has 5 nitrogen and oxygen atoms in total. The second kappa shape index (κ2) is 5.90. The molecule has 1 aliphatic carbocycles. The standard InChI is InChI=1S/C14H24N2O3/c1-3-15-6-7-16(9-10(15)2)13(17)11-4-5-12(8-11)14(18)19/h10-12H,3-9H2,1-2H3,(H,18,19)/t10?,11-,12+/m1/s1. The van der Waals surface area contributed by atoms with Crippen LogP contribution in [-0.2, 0) is 9.59 Å². The van der Waals surface area contributed by atoms with E-state index in [1.807, 2.05) is 4.90 Å². The van der Waals surface area contributed by atoms with Gasteiger partial charge in [0.2, 0.25) is 5.91 Å². The normalized spacial score (nSPS) is 32.5. The van der Waals surface area contributed by atoms with Gasteiger partial charge in [0.25, 0.3) is 0 Å². The number of amides is 1. The molecule has 1 saturated heterocycles. The molecule has 5 heteroatoms. The van der Waals surface area contributed by atoms with Gasteiger partial charge in [-0.2, -0.15) is 0 Å². The van der Waals surface area contributed by atoms with Crippen LogP contribution >= 0.6 is 0 Å². The lowest BCUT2D eigenvalue weighted by Gasteiger charge is -2.40. The van der Waals surface area contributed by atoms with Crippen molar-refractivity contribution < 1.29 is 14.7 Å². The van der Waals surface area contributed by atoms with Crippen molar-refractivity contribution in [2.24, 2.45) is 11.8 Å². The summed E-state index contributed by atoms with van der Waals surface area (Å²) in [7, 11) is 0. The Hall–Kier alpha value is -1.10. The third-order valence-corrected chi connectivity index (χ3v) is 4.61. The van der Waals surface area contributed by atoms with Crippen LogP contribution in [0.25, 0.3) is 0 Å². The van der Waals surface area contributed by atoms with Gasteiger partial charge in [-0.1, -0.05) is 6.92 Å². The molecule has 19 heavy (non-hydrogen) atoms. The monoisotopic (exact) mass is 268 g/mol. The van der Waals surface area contributed by atoms with Crippen molar-refractivity contribution in [1.29, 1.82) is 0 Å². The number of piperazine rings is 1. The van der Waals surface area contributed by atoms with Crippen molar-refractivity contribution in [2.75, 3.05) is 26.2 Å². The van der Waals surface area contributed by atoms with E-state index in [1.165, 1.54) is 0 Å². The van der Waals surface area contributed by atoms with Crippen molar-refractivity contribution in [3.8, 4) is 0 Å². The molecule has 0 spiro atoms. The Kier molecular flexibility index (Phi) is 4.45. The number of carboxylic acid groups (broad SMARTS) is 1. The highest BCUT2D eigenvalue weighted by molar-refractivity contribution is 5.81. The number of nitrogens with zero attached hydrogens (tertiary/aromatic N) is 2. The smallest absolute Gasteiger partial charge is 0.306 e. The molecule has 0 aromatic carbocycles. The van der Waals surface area contributed by atoms with Crippen LogP contribution in [0.3, 0.4) is 0 Å². The van der Waals surface area contributed by atoms with Gasteiger partial charge in [-0.15, -0.1) is 0 Å². The van der Waals surface area contributed by atoms with Gasteiger partial charge in [0.05, 0.1) is 5.92 Å². The molecule has 108 valence electrons. The second-order valence-electron chi connectivity index (χ2n) is 5.81. The number of aliphatic carboxylic acids is 1. The molecule has 0 radical (unpaired) electrons. The Morgan fingerprint density at radius 1 is 1.21 bits per heavy atom. The number of carboxylic acids is 1. The molecule has 1 amide bonds. The van der Waals surface area contributed by atoms with Gasteiger partial charge in [0.1, 0.15) is 0 Å². The van der Waals surface area contributed by atoms with E-state index < -0.39 is 5.97 Å². The van der Waals surface area contributed by atoms with Crippen molar-refractivity contribution in [1.82, 2.24) is 9.80 Å². The summed E-state index contributed by atoms with van der Waals surface area (Å²) < 4.78 is 0. The first-order valence-electron chi connectivity index (χ1n) is 7.28. The zero-order valence-electron chi connectivity index (χ0n) is 11.8. The van der Waals surface area contributed by atoms with Gasteiger partial charge < -0.3 is 10.0 Å². The van der Waals surface area contributed by atoms with Gasteiger partial charge in [-0.05, 0) is 32.7 Å². The Bertz CT molecular complexity index is 359. The fourth-order valence-electron chi connectivity index (χ4n) is 3.35. The van der Waals surface area contributed by atoms with Crippen LogP contribution in [0, 0.1) is 11.8 Å². The molecule has 0 aromatic rings. The van der Waals surface area contributed by atoms with Crippen molar-refractivity contribution in [2.45, 2.75) is 39.2 Å². The van der Waals surface area contributed by atoms with Crippen LogP contribution < -0.4 is 0 Å². The Morgan fingerprint density at radius 2 is 1.89 bits per heavy atom. The molecule has 3 atom stereocenters. The van der Waals surface area contributed by atoms with Crippen molar-refractivity contribution >= 4 is 11.9 Å². The highest BCUT2D eigenvalue weighted by atomic mass is 16.4. The fourth-order valence-corrected chi connectivity index (χ4v) is 3.35. The molecule has 0 bridgehead atoms. The zero-order chi connectivity index (χ0) is 14.0. The van der Waals surface area contributed by atoms with E-state index >= 15 is 0 Å². The number of carbonyl (C=O) groups excluding carboxylic acids is 1. The fraction of sp³-hybridized carbons (Fsp3) is 0.857. The summed E-state index contributed by atoms with van der Waals surface area (Å²) in [6.45, 7) is 7.80. The van der Waals surface area contributed by atoms with Crippen LogP contribution in [0.5, 0.6) is 0 Å². The SMILES string of the molecule is CCN1CCN(C(=O)[C@@H]2CC[C@H](C(=O)O)C2)CC1C. The van der Waals surface area contributed by atoms with E-state index in [9.17, 15) is 9.59 Å². The third kappa shape index (κ3) is 3.08. The lowest BCUT2D eigenvalue weighted by molar-refractivity contribution is -0.142. The minimum absolute atomic E-state index is 0.0681. The average molecular weight is 268 g/mol. The summed E-state index contributed by atoms with van der Waals surface area (Å²) in [5, 5.41) is 9.00. The highest BCUT2D eigenvalue weighted by Gasteiger charge is 2.37. The molecular weight excluding hydrogens is 244 g/mol. The number of hydrogen-bond acceptors (Lipinski definition) is 3.